The van der Waals surface area contributed by atoms with E-state index in [1.165, 1.54) is 13.8 Å². The van der Waals surface area contributed by atoms with E-state index < -0.39 is 10.0 Å². The van der Waals surface area contributed by atoms with Gasteiger partial charge in [-0.05, 0) is 18.6 Å². The van der Waals surface area contributed by atoms with Crippen molar-refractivity contribution < 1.29 is 13.2 Å². The van der Waals surface area contributed by atoms with Crippen molar-refractivity contribution in [1.82, 2.24) is 0 Å². The molecule has 0 radical (unpaired) electrons. The van der Waals surface area contributed by atoms with Crippen LogP contribution in [0.5, 0.6) is 0 Å². The maximum Gasteiger partial charge on any atom is 0.238 e. The predicted molar refractivity (Wildman–Crippen MR) is 66.9 cm³/mol. The molecular formula is C9H10Cl2N2O3S. The minimum atomic E-state index is -3.91. The normalized spacial score (nSPS) is 11.4. The Morgan fingerprint density at radius 3 is 2.35 bits per heavy atom. The summed E-state index contributed by atoms with van der Waals surface area (Å²) in [6.45, 7) is 2.76. The van der Waals surface area contributed by atoms with Crippen LogP contribution in [0.3, 0.4) is 0 Å². The second kappa shape index (κ2) is 4.81. The van der Waals surface area contributed by atoms with Crippen molar-refractivity contribution in [1.29, 1.82) is 0 Å². The molecule has 0 spiro atoms. The van der Waals surface area contributed by atoms with E-state index in [0.717, 1.165) is 6.07 Å². The maximum absolute atomic E-state index is 11.3. The van der Waals surface area contributed by atoms with Crippen molar-refractivity contribution in [3.63, 3.8) is 0 Å². The zero-order valence-electron chi connectivity index (χ0n) is 9.04. The minimum Gasteiger partial charge on any atom is -0.324 e. The molecule has 0 unspecified atom stereocenters. The first-order chi connectivity index (χ1) is 7.64. The first-order valence-electron chi connectivity index (χ1n) is 4.43. The van der Waals surface area contributed by atoms with E-state index in [-0.39, 0.29) is 32.1 Å². The van der Waals surface area contributed by atoms with Crippen LogP contribution in [-0.2, 0) is 14.8 Å². The van der Waals surface area contributed by atoms with Crippen molar-refractivity contribution in [2.24, 2.45) is 5.14 Å². The number of carbonyl (C=O) groups excluding carboxylic acids is 1. The number of nitrogens with two attached hydrogens (primary N) is 1. The SMILES string of the molecule is CC(=O)Nc1c(Cl)cc(S(N)(=O)=O)c(C)c1Cl. The summed E-state index contributed by atoms with van der Waals surface area (Å²) in [5.41, 5.74) is 0.410. The summed E-state index contributed by atoms with van der Waals surface area (Å²) in [5, 5.41) is 7.50. The quantitative estimate of drug-likeness (QED) is 0.873. The largest absolute Gasteiger partial charge is 0.324 e. The lowest BCUT2D eigenvalue weighted by molar-refractivity contribution is -0.114. The molecule has 1 aromatic carbocycles. The Kier molecular flexibility index (Phi) is 4.03. The van der Waals surface area contributed by atoms with Gasteiger partial charge in [0.25, 0.3) is 0 Å². The first-order valence-corrected chi connectivity index (χ1v) is 6.73. The molecule has 0 aliphatic heterocycles. The third kappa shape index (κ3) is 3.10. The molecule has 0 bridgehead atoms. The molecule has 0 aliphatic carbocycles. The van der Waals surface area contributed by atoms with Crippen LogP contribution in [0.4, 0.5) is 5.69 Å². The molecule has 0 aromatic heterocycles. The van der Waals surface area contributed by atoms with Crippen molar-refractivity contribution in [2.45, 2.75) is 18.7 Å². The molecule has 8 heteroatoms. The Morgan fingerprint density at radius 1 is 1.41 bits per heavy atom. The summed E-state index contributed by atoms with van der Waals surface area (Å²) in [6.07, 6.45) is 0. The summed E-state index contributed by atoms with van der Waals surface area (Å²) in [7, 11) is -3.91. The topological polar surface area (TPSA) is 89.3 Å². The summed E-state index contributed by atoms with van der Waals surface area (Å²) in [6, 6.07) is 1.16. The average molecular weight is 297 g/mol. The number of sulfonamides is 1. The third-order valence-corrected chi connectivity index (χ3v) is 3.83. The van der Waals surface area contributed by atoms with E-state index in [1.54, 1.807) is 0 Å². The number of hydrogen-bond acceptors (Lipinski definition) is 3. The summed E-state index contributed by atoms with van der Waals surface area (Å²) < 4.78 is 22.5. The Morgan fingerprint density at radius 2 is 1.94 bits per heavy atom. The summed E-state index contributed by atoms with van der Waals surface area (Å²) in [4.78, 5) is 10.8. The molecule has 1 rings (SSSR count). The lowest BCUT2D eigenvalue weighted by atomic mass is 10.2. The van der Waals surface area contributed by atoms with Crippen LogP contribution >= 0.6 is 23.2 Å². The number of carbonyl (C=O) groups is 1. The molecule has 0 aliphatic rings. The Hall–Kier alpha value is -0.820. The highest BCUT2D eigenvalue weighted by atomic mass is 35.5. The second-order valence-corrected chi connectivity index (χ2v) is 5.71. The summed E-state index contributed by atoms with van der Waals surface area (Å²) >= 11 is 11.8. The zero-order valence-corrected chi connectivity index (χ0v) is 11.4. The third-order valence-electron chi connectivity index (χ3n) is 2.02. The number of anilines is 1. The van der Waals surface area contributed by atoms with Gasteiger partial charge in [-0.25, -0.2) is 13.6 Å². The van der Waals surface area contributed by atoms with Gasteiger partial charge in [0.05, 0.1) is 20.6 Å². The van der Waals surface area contributed by atoms with Crippen LogP contribution in [0.25, 0.3) is 0 Å². The van der Waals surface area contributed by atoms with Crippen molar-refractivity contribution in [2.75, 3.05) is 5.32 Å². The van der Waals surface area contributed by atoms with Crippen molar-refractivity contribution >= 4 is 44.8 Å². The van der Waals surface area contributed by atoms with Crippen LogP contribution in [-0.4, -0.2) is 14.3 Å². The van der Waals surface area contributed by atoms with E-state index in [2.05, 4.69) is 5.32 Å². The van der Waals surface area contributed by atoms with Gasteiger partial charge in [-0.1, -0.05) is 23.2 Å². The molecule has 0 heterocycles. The van der Waals surface area contributed by atoms with Gasteiger partial charge in [-0.2, -0.15) is 0 Å². The van der Waals surface area contributed by atoms with Crippen molar-refractivity contribution in [3.8, 4) is 0 Å². The summed E-state index contributed by atoms with van der Waals surface area (Å²) in [5.74, 6) is -0.364. The van der Waals surface area contributed by atoms with Gasteiger partial charge in [-0.15, -0.1) is 0 Å². The van der Waals surface area contributed by atoms with Gasteiger partial charge in [0.2, 0.25) is 15.9 Å². The number of amides is 1. The van der Waals surface area contributed by atoms with Gasteiger partial charge >= 0.3 is 0 Å². The highest BCUT2D eigenvalue weighted by Crippen LogP contribution is 2.36. The zero-order chi connectivity index (χ0) is 13.4. The Bertz CT molecular complexity index is 584. The van der Waals surface area contributed by atoms with Crippen LogP contribution in [0.15, 0.2) is 11.0 Å². The molecule has 1 amide bonds. The molecular weight excluding hydrogens is 287 g/mol. The number of benzene rings is 1. The number of halogens is 2. The molecule has 0 atom stereocenters. The fourth-order valence-corrected chi connectivity index (χ4v) is 2.76. The molecule has 0 saturated carbocycles. The van der Waals surface area contributed by atoms with E-state index in [0.29, 0.717) is 0 Å². The lowest BCUT2D eigenvalue weighted by Crippen LogP contribution is -2.15. The smallest absolute Gasteiger partial charge is 0.238 e. The molecule has 5 nitrogen and oxygen atoms in total. The highest BCUT2D eigenvalue weighted by molar-refractivity contribution is 7.89. The fourth-order valence-electron chi connectivity index (χ4n) is 1.28. The van der Waals surface area contributed by atoms with Gasteiger partial charge < -0.3 is 5.32 Å². The average Bonchev–Trinajstić information content (AvgIpc) is 2.16. The molecule has 1 aromatic rings. The lowest BCUT2D eigenvalue weighted by Gasteiger charge is -2.13. The second-order valence-electron chi connectivity index (χ2n) is 3.40. The van der Waals surface area contributed by atoms with Crippen LogP contribution < -0.4 is 10.5 Å². The van der Waals surface area contributed by atoms with Gasteiger partial charge in [0.15, 0.2) is 0 Å². The maximum atomic E-state index is 11.3. The van der Waals surface area contributed by atoms with Gasteiger partial charge in [0.1, 0.15) is 0 Å². The number of rotatable bonds is 2. The molecule has 3 N–H and O–H groups in total. The van der Waals surface area contributed by atoms with Gasteiger partial charge in [0, 0.05) is 6.92 Å². The van der Waals surface area contributed by atoms with E-state index in [1.807, 2.05) is 0 Å². The molecule has 0 fully saturated rings. The van der Waals surface area contributed by atoms with Crippen LogP contribution in [0.2, 0.25) is 10.0 Å². The van der Waals surface area contributed by atoms with Crippen LogP contribution in [0, 0.1) is 6.92 Å². The number of nitrogens with one attached hydrogen (secondary N) is 1. The number of hydrogen-bond donors (Lipinski definition) is 2. The molecule has 94 valence electrons. The fraction of sp³-hybridized carbons (Fsp3) is 0.222. The Balaban J connectivity index is 3.53. The monoisotopic (exact) mass is 296 g/mol. The van der Waals surface area contributed by atoms with E-state index >= 15 is 0 Å². The van der Waals surface area contributed by atoms with Crippen LogP contribution in [0.1, 0.15) is 12.5 Å². The standard InChI is InChI=1S/C9H10Cl2N2O3S/c1-4-7(17(12,15)16)3-6(10)9(8(4)11)13-5(2)14/h3H,1-2H3,(H,13,14)(H2,12,15,16). The first kappa shape index (κ1) is 14.2. The minimum absolute atomic E-state index is 0.0137. The molecule has 0 saturated heterocycles. The van der Waals surface area contributed by atoms with E-state index in [9.17, 15) is 13.2 Å². The van der Waals surface area contributed by atoms with Crippen molar-refractivity contribution in [3.05, 3.63) is 21.7 Å². The van der Waals surface area contributed by atoms with E-state index in [4.69, 9.17) is 28.3 Å². The Labute approximate surface area is 109 Å². The predicted octanol–water partition coefficient (Wildman–Crippen LogP) is 1.91. The van der Waals surface area contributed by atoms with Gasteiger partial charge in [-0.3, -0.25) is 4.79 Å². The molecule has 17 heavy (non-hydrogen) atoms. The highest BCUT2D eigenvalue weighted by Gasteiger charge is 2.19. The number of primary sulfonamides is 1.